The van der Waals surface area contributed by atoms with Gasteiger partial charge in [-0.3, -0.25) is 0 Å². The van der Waals surface area contributed by atoms with E-state index < -0.39 is 0 Å². The molecule has 0 aliphatic rings. The first kappa shape index (κ1) is 35.1. The molecule has 226 valence electrons. The van der Waals surface area contributed by atoms with Gasteiger partial charge < -0.3 is 25.8 Å². The van der Waals surface area contributed by atoms with E-state index in [2.05, 4.69) is 29.8 Å². The van der Waals surface area contributed by atoms with E-state index in [1.54, 1.807) is 24.3 Å². The number of unbranched alkanes of at least 4 members (excludes halogenated alkanes) is 18. The zero-order chi connectivity index (χ0) is 28.2. The van der Waals surface area contributed by atoms with Gasteiger partial charge in [0, 0.05) is 12.2 Å². The van der Waals surface area contributed by atoms with Crippen molar-refractivity contribution in [3.8, 4) is 5.75 Å². The van der Waals surface area contributed by atoms with Crippen LogP contribution in [0.2, 0.25) is 0 Å². The van der Waals surface area contributed by atoms with Crippen molar-refractivity contribution < 1.29 is 14.6 Å². The maximum Gasteiger partial charge on any atom is 0.316 e. The molecular formula is C33H61N3O3. The lowest BCUT2D eigenvalue weighted by molar-refractivity contribution is 0.0414. The molecule has 1 unspecified atom stereocenters. The second kappa shape index (κ2) is 26.3. The molecule has 6 nitrogen and oxygen atoms in total. The van der Waals surface area contributed by atoms with Crippen LogP contribution in [0.1, 0.15) is 149 Å². The highest BCUT2D eigenvalue weighted by Crippen LogP contribution is 2.15. The molecule has 0 radical (unpaired) electrons. The number of ether oxygens (including phenoxy) is 1. The zero-order valence-corrected chi connectivity index (χ0v) is 25.4. The van der Waals surface area contributed by atoms with E-state index in [1.807, 2.05) is 0 Å². The molecule has 1 atom stereocenters. The zero-order valence-electron chi connectivity index (χ0n) is 25.4. The number of phenolic OH excluding ortho intramolecular Hbond substituents is 1. The number of benzene rings is 1. The average Bonchev–Trinajstić information content (AvgIpc) is 2.93. The molecule has 4 N–H and O–H groups in total. The molecule has 0 aromatic heterocycles. The first-order valence-electron chi connectivity index (χ1n) is 16.3. The van der Waals surface area contributed by atoms with Crippen molar-refractivity contribution >= 4 is 11.7 Å². The van der Waals surface area contributed by atoms with Crippen LogP contribution in [0.3, 0.4) is 0 Å². The lowest BCUT2D eigenvalue weighted by atomic mass is 10.0. The third kappa shape index (κ3) is 22.6. The standard InChI is InChI=1S/C33H61N3O3/c1-3-5-7-9-10-11-12-13-14-15-16-17-18-19-20-22-28-34-33(38)36-32(23-21-8-6-4-2)39-29-35-30-24-26-31(37)27-25-30/h24-27,32,35,37H,3-23,28-29H2,1-2H3,(H2,34,36,38). The molecule has 39 heavy (non-hydrogen) atoms. The molecule has 0 fully saturated rings. The summed E-state index contributed by atoms with van der Waals surface area (Å²) in [6, 6.07) is 6.71. The fraction of sp³-hybridized carbons (Fsp3) is 0.788. The smallest absolute Gasteiger partial charge is 0.316 e. The molecule has 1 rings (SSSR count). The lowest BCUT2D eigenvalue weighted by Gasteiger charge is -2.20. The first-order valence-corrected chi connectivity index (χ1v) is 16.3. The molecule has 6 heteroatoms. The predicted molar refractivity (Wildman–Crippen MR) is 166 cm³/mol. The maximum absolute atomic E-state index is 12.4. The highest BCUT2D eigenvalue weighted by atomic mass is 16.5. The fourth-order valence-corrected chi connectivity index (χ4v) is 4.83. The van der Waals surface area contributed by atoms with Gasteiger partial charge in [-0.15, -0.1) is 0 Å². The van der Waals surface area contributed by atoms with Crippen LogP contribution in [0, 0.1) is 0 Å². The van der Waals surface area contributed by atoms with E-state index in [9.17, 15) is 9.90 Å². The summed E-state index contributed by atoms with van der Waals surface area (Å²) in [4.78, 5) is 12.4. The van der Waals surface area contributed by atoms with Crippen LogP contribution in [0.4, 0.5) is 10.5 Å². The van der Waals surface area contributed by atoms with Crippen molar-refractivity contribution in [1.82, 2.24) is 10.6 Å². The number of phenols is 1. The number of anilines is 1. The Balaban J connectivity index is 2.02. The number of amides is 2. The second-order valence-corrected chi connectivity index (χ2v) is 11.1. The number of carbonyl (C=O) groups excluding carboxylic acids is 1. The van der Waals surface area contributed by atoms with E-state index in [0.29, 0.717) is 13.3 Å². The molecule has 0 spiro atoms. The van der Waals surface area contributed by atoms with Gasteiger partial charge in [0.1, 0.15) is 18.7 Å². The third-order valence-corrected chi connectivity index (χ3v) is 7.36. The van der Waals surface area contributed by atoms with Crippen LogP contribution in [0.25, 0.3) is 0 Å². The van der Waals surface area contributed by atoms with Crippen LogP contribution in [-0.4, -0.2) is 30.6 Å². The Morgan fingerprint density at radius 2 is 1.15 bits per heavy atom. The summed E-state index contributed by atoms with van der Waals surface area (Å²) in [6.45, 7) is 5.48. The molecule has 0 aliphatic carbocycles. The highest BCUT2D eigenvalue weighted by molar-refractivity contribution is 5.73. The topological polar surface area (TPSA) is 82.6 Å². The number of rotatable bonds is 27. The molecule has 0 aliphatic heterocycles. The van der Waals surface area contributed by atoms with Crippen molar-refractivity contribution in [3.63, 3.8) is 0 Å². The largest absolute Gasteiger partial charge is 0.508 e. The van der Waals surface area contributed by atoms with Crippen molar-refractivity contribution in [3.05, 3.63) is 24.3 Å². The Labute approximate surface area is 240 Å². The van der Waals surface area contributed by atoms with E-state index in [4.69, 9.17) is 4.74 Å². The summed E-state index contributed by atoms with van der Waals surface area (Å²) in [5, 5.41) is 18.6. The minimum Gasteiger partial charge on any atom is -0.508 e. The summed E-state index contributed by atoms with van der Waals surface area (Å²) in [5.41, 5.74) is 0.866. The summed E-state index contributed by atoms with van der Waals surface area (Å²) in [7, 11) is 0. The number of carbonyl (C=O) groups is 1. The number of urea groups is 1. The summed E-state index contributed by atoms with van der Waals surface area (Å²) in [5.74, 6) is 0.234. The number of hydrogen-bond donors (Lipinski definition) is 4. The number of nitrogens with one attached hydrogen (secondary N) is 3. The molecule has 0 saturated heterocycles. The van der Waals surface area contributed by atoms with Crippen LogP contribution in [-0.2, 0) is 4.74 Å². The van der Waals surface area contributed by atoms with Gasteiger partial charge in [-0.1, -0.05) is 129 Å². The molecule has 2 amide bonds. The molecule has 0 heterocycles. The molecule has 1 aromatic carbocycles. The van der Waals surface area contributed by atoms with Crippen LogP contribution in [0.5, 0.6) is 5.75 Å². The Hall–Kier alpha value is -1.95. The predicted octanol–water partition coefficient (Wildman–Crippen LogP) is 9.64. The van der Waals surface area contributed by atoms with Crippen LogP contribution >= 0.6 is 0 Å². The summed E-state index contributed by atoms with van der Waals surface area (Å²) < 4.78 is 5.92. The van der Waals surface area contributed by atoms with Crippen molar-refractivity contribution in [2.24, 2.45) is 0 Å². The van der Waals surface area contributed by atoms with Gasteiger partial charge >= 0.3 is 6.03 Å². The summed E-state index contributed by atoms with van der Waals surface area (Å²) in [6.07, 6.45) is 26.6. The van der Waals surface area contributed by atoms with Gasteiger partial charge in [0.2, 0.25) is 0 Å². The minimum atomic E-state index is -0.322. The Bertz CT molecular complexity index is 669. The van der Waals surface area contributed by atoms with Gasteiger partial charge in [0.05, 0.1) is 0 Å². The minimum absolute atomic E-state index is 0.152. The van der Waals surface area contributed by atoms with Crippen LogP contribution < -0.4 is 16.0 Å². The SMILES string of the molecule is CCCCCCCCCCCCCCCCCCNC(=O)NC(CCCCCC)OCNc1ccc(O)cc1. The molecule has 0 saturated carbocycles. The Morgan fingerprint density at radius 1 is 0.692 bits per heavy atom. The average molecular weight is 548 g/mol. The van der Waals surface area contributed by atoms with Crippen molar-refractivity contribution in [1.29, 1.82) is 0 Å². The fourth-order valence-electron chi connectivity index (χ4n) is 4.83. The highest BCUT2D eigenvalue weighted by Gasteiger charge is 2.12. The number of hydrogen-bond acceptors (Lipinski definition) is 4. The lowest BCUT2D eigenvalue weighted by Crippen LogP contribution is -2.44. The van der Waals surface area contributed by atoms with E-state index in [1.165, 1.54) is 109 Å². The summed E-state index contributed by atoms with van der Waals surface area (Å²) >= 11 is 0. The third-order valence-electron chi connectivity index (χ3n) is 7.36. The normalized spacial score (nSPS) is 11.8. The van der Waals surface area contributed by atoms with Gasteiger partial charge in [-0.2, -0.15) is 0 Å². The van der Waals surface area contributed by atoms with Gasteiger partial charge in [-0.25, -0.2) is 4.79 Å². The van der Waals surface area contributed by atoms with E-state index in [-0.39, 0.29) is 18.0 Å². The first-order chi connectivity index (χ1) is 19.2. The van der Waals surface area contributed by atoms with Crippen LogP contribution in [0.15, 0.2) is 24.3 Å². The van der Waals surface area contributed by atoms with Gasteiger partial charge in [0.25, 0.3) is 0 Å². The maximum atomic E-state index is 12.4. The molecule has 0 bridgehead atoms. The number of aromatic hydroxyl groups is 1. The van der Waals surface area contributed by atoms with E-state index >= 15 is 0 Å². The quantitative estimate of drug-likeness (QED) is 0.0502. The molecular weight excluding hydrogens is 486 g/mol. The second-order valence-electron chi connectivity index (χ2n) is 11.1. The Kier molecular flexibility index (Phi) is 23.6. The Morgan fingerprint density at radius 3 is 1.67 bits per heavy atom. The molecule has 1 aromatic rings. The van der Waals surface area contributed by atoms with Gasteiger partial charge in [-0.05, 0) is 43.5 Å². The van der Waals surface area contributed by atoms with E-state index in [0.717, 1.165) is 31.4 Å². The van der Waals surface area contributed by atoms with Crippen molar-refractivity contribution in [2.45, 2.75) is 155 Å². The monoisotopic (exact) mass is 547 g/mol. The van der Waals surface area contributed by atoms with Crippen molar-refractivity contribution in [2.75, 3.05) is 18.6 Å². The van der Waals surface area contributed by atoms with Gasteiger partial charge in [0.15, 0.2) is 0 Å².